The van der Waals surface area contributed by atoms with Gasteiger partial charge in [0.1, 0.15) is 5.84 Å². The summed E-state index contributed by atoms with van der Waals surface area (Å²) >= 11 is 0. The maximum atomic E-state index is 7.44. The van der Waals surface area contributed by atoms with E-state index in [0.717, 1.165) is 18.7 Å². The number of nitrogens with two attached hydrogens (primary N) is 1. The quantitative estimate of drug-likeness (QED) is 0.669. The fourth-order valence-electron chi connectivity index (χ4n) is 2.98. The van der Waals surface area contributed by atoms with Crippen LogP contribution in [0.5, 0.6) is 0 Å². The monoisotopic (exact) mass is 279 g/mol. The van der Waals surface area contributed by atoms with Crippen LogP contribution in [-0.4, -0.2) is 12.4 Å². The Morgan fingerprint density at radius 3 is 2.67 bits per heavy atom. The molecule has 1 aliphatic rings. The Balaban J connectivity index is 1.81. The molecule has 108 valence electrons. The number of amidine groups is 1. The number of aryl methyl sites for hydroxylation is 2. The molecule has 0 atom stereocenters. The second-order valence-corrected chi connectivity index (χ2v) is 5.77. The van der Waals surface area contributed by atoms with Gasteiger partial charge in [-0.2, -0.15) is 0 Å². The second kappa shape index (κ2) is 5.60. The van der Waals surface area contributed by atoms with Gasteiger partial charge in [-0.1, -0.05) is 42.0 Å². The Bertz CT molecular complexity index is 659. The molecule has 2 aromatic rings. The summed E-state index contributed by atoms with van der Waals surface area (Å²) < 4.78 is 0. The SMILES string of the molecule is Cc1ccc2c(c1)CCCN2Cc1ccc(C(=N)N)cc1. The average molecular weight is 279 g/mol. The molecular weight excluding hydrogens is 258 g/mol. The highest BCUT2D eigenvalue weighted by Crippen LogP contribution is 2.29. The summed E-state index contributed by atoms with van der Waals surface area (Å²) in [5.74, 6) is 0.125. The Labute approximate surface area is 125 Å². The number of benzene rings is 2. The highest BCUT2D eigenvalue weighted by Gasteiger charge is 2.16. The molecule has 1 aliphatic heterocycles. The van der Waals surface area contributed by atoms with Crippen molar-refractivity contribution in [2.45, 2.75) is 26.3 Å². The van der Waals surface area contributed by atoms with E-state index in [-0.39, 0.29) is 5.84 Å². The molecule has 3 heteroatoms. The molecular formula is C18H21N3. The molecule has 0 amide bonds. The average Bonchev–Trinajstić information content (AvgIpc) is 2.47. The summed E-state index contributed by atoms with van der Waals surface area (Å²) in [6.45, 7) is 4.17. The van der Waals surface area contributed by atoms with Crippen molar-refractivity contribution in [3.63, 3.8) is 0 Å². The van der Waals surface area contributed by atoms with Gasteiger partial charge in [0.05, 0.1) is 0 Å². The van der Waals surface area contributed by atoms with E-state index in [1.807, 2.05) is 12.1 Å². The lowest BCUT2D eigenvalue weighted by atomic mass is 9.99. The summed E-state index contributed by atoms with van der Waals surface area (Å²) in [4.78, 5) is 2.45. The van der Waals surface area contributed by atoms with E-state index in [0.29, 0.717) is 0 Å². The van der Waals surface area contributed by atoms with E-state index in [4.69, 9.17) is 11.1 Å². The van der Waals surface area contributed by atoms with Crippen molar-refractivity contribution in [3.05, 3.63) is 64.7 Å². The maximum Gasteiger partial charge on any atom is 0.122 e. The van der Waals surface area contributed by atoms with Crippen molar-refractivity contribution in [1.29, 1.82) is 5.41 Å². The number of hydrogen-bond acceptors (Lipinski definition) is 2. The zero-order valence-corrected chi connectivity index (χ0v) is 12.4. The van der Waals surface area contributed by atoms with Gasteiger partial charge in [-0.3, -0.25) is 5.41 Å². The Kier molecular flexibility index (Phi) is 3.65. The third kappa shape index (κ3) is 2.92. The van der Waals surface area contributed by atoms with Gasteiger partial charge in [-0.15, -0.1) is 0 Å². The fraction of sp³-hybridized carbons (Fsp3) is 0.278. The minimum Gasteiger partial charge on any atom is -0.384 e. The van der Waals surface area contributed by atoms with Gasteiger partial charge in [0.25, 0.3) is 0 Å². The fourth-order valence-corrected chi connectivity index (χ4v) is 2.98. The molecule has 0 saturated heterocycles. The normalized spacial score (nSPS) is 13.9. The van der Waals surface area contributed by atoms with Crippen molar-refractivity contribution >= 4 is 11.5 Å². The topological polar surface area (TPSA) is 53.1 Å². The molecule has 0 bridgehead atoms. The van der Waals surface area contributed by atoms with E-state index in [9.17, 15) is 0 Å². The van der Waals surface area contributed by atoms with Crippen LogP contribution in [0, 0.1) is 12.3 Å². The third-order valence-corrected chi connectivity index (χ3v) is 4.09. The van der Waals surface area contributed by atoms with Crippen LogP contribution in [0.25, 0.3) is 0 Å². The van der Waals surface area contributed by atoms with Gasteiger partial charge in [0.15, 0.2) is 0 Å². The summed E-state index contributed by atoms with van der Waals surface area (Å²) in [5, 5.41) is 7.44. The van der Waals surface area contributed by atoms with Gasteiger partial charge in [-0.05, 0) is 37.0 Å². The number of nitrogens with one attached hydrogen (secondary N) is 1. The molecule has 0 radical (unpaired) electrons. The highest BCUT2D eigenvalue weighted by molar-refractivity contribution is 5.94. The van der Waals surface area contributed by atoms with Crippen LogP contribution in [-0.2, 0) is 13.0 Å². The highest BCUT2D eigenvalue weighted by atomic mass is 15.1. The molecule has 0 saturated carbocycles. The number of nitrogen functional groups attached to an aromatic ring is 1. The molecule has 21 heavy (non-hydrogen) atoms. The maximum absolute atomic E-state index is 7.44. The van der Waals surface area contributed by atoms with Crippen LogP contribution in [0.15, 0.2) is 42.5 Å². The number of hydrogen-bond donors (Lipinski definition) is 2. The lowest BCUT2D eigenvalue weighted by Gasteiger charge is -2.31. The Morgan fingerprint density at radius 1 is 1.19 bits per heavy atom. The zero-order chi connectivity index (χ0) is 14.8. The standard InChI is InChI=1S/C18H21N3/c1-13-4-9-17-16(11-13)3-2-10-21(17)12-14-5-7-15(8-6-14)18(19)20/h4-9,11H,2-3,10,12H2,1H3,(H3,19,20). The molecule has 0 unspecified atom stereocenters. The van der Waals surface area contributed by atoms with Crippen molar-refractivity contribution in [3.8, 4) is 0 Å². The number of anilines is 1. The first-order valence-electron chi connectivity index (χ1n) is 7.41. The van der Waals surface area contributed by atoms with Crippen molar-refractivity contribution in [1.82, 2.24) is 0 Å². The summed E-state index contributed by atoms with van der Waals surface area (Å²) in [6, 6.07) is 14.7. The van der Waals surface area contributed by atoms with Gasteiger partial charge < -0.3 is 10.6 Å². The smallest absolute Gasteiger partial charge is 0.122 e. The molecule has 0 spiro atoms. The third-order valence-electron chi connectivity index (χ3n) is 4.09. The van der Waals surface area contributed by atoms with Gasteiger partial charge in [0, 0.05) is 24.3 Å². The van der Waals surface area contributed by atoms with E-state index in [1.165, 1.54) is 35.2 Å². The first-order chi connectivity index (χ1) is 10.1. The molecule has 0 aromatic heterocycles. The molecule has 1 heterocycles. The number of rotatable bonds is 3. The molecule has 0 fully saturated rings. The first kappa shape index (κ1) is 13.7. The predicted octanol–water partition coefficient (Wildman–Crippen LogP) is 3.23. The Hall–Kier alpha value is -2.29. The minimum absolute atomic E-state index is 0.125. The van der Waals surface area contributed by atoms with E-state index >= 15 is 0 Å². The zero-order valence-electron chi connectivity index (χ0n) is 12.4. The lowest BCUT2D eigenvalue weighted by Crippen LogP contribution is -2.28. The van der Waals surface area contributed by atoms with Gasteiger partial charge in [0.2, 0.25) is 0 Å². The number of fused-ring (bicyclic) bond motifs is 1. The van der Waals surface area contributed by atoms with E-state index in [1.54, 1.807) is 0 Å². The minimum atomic E-state index is 0.125. The molecule has 0 aliphatic carbocycles. The molecule has 3 rings (SSSR count). The van der Waals surface area contributed by atoms with Crippen LogP contribution < -0.4 is 10.6 Å². The molecule has 3 N–H and O–H groups in total. The van der Waals surface area contributed by atoms with Crippen LogP contribution in [0.1, 0.15) is 28.7 Å². The van der Waals surface area contributed by atoms with Crippen LogP contribution in [0.4, 0.5) is 5.69 Å². The van der Waals surface area contributed by atoms with Crippen molar-refractivity contribution in [2.24, 2.45) is 5.73 Å². The predicted molar refractivity (Wildman–Crippen MR) is 88.0 cm³/mol. The number of nitrogens with zero attached hydrogens (tertiary/aromatic N) is 1. The van der Waals surface area contributed by atoms with Crippen LogP contribution >= 0.6 is 0 Å². The van der Waals surface area contributed by atoms with Gasteiger partial charge >= 0.3 is 0 Å². The van der Waals surface area contributed by atoms with E-state index < -0.39 is 0 Å². The van der Waals surface area contributed by atoms with Crippen LogP contribution in [0.2, 0.25) is 0 Å². The molecule has 2 aromatic carbocycles. The van der Waals surface area contributed by atoms with Gasteiger partial charge in [-0.25, -0.2) is 0 Å². The summed E-state index contributed by atoms with van der Waals surface area (Å²) in [7, 11) is 0. The summed E-state index contributed by atoms with van der Waals surface area (Å²) in [6.07, 6.45) is 2.39. The summed E-state index contributed by atoms with van der Waals surface area (Å²) in [5.41, 5.74) is 11.7. The van der Waals surface area contributed by atoms with E-state index in [2.05, 4.69) is 42.2 Å². The second-order valence-electron chi connectivity index (χ2n) is 5.77. The molecule has 3 nitrogen and oxygen atoms in total. The van der Waals surface area contributed by atoms with Crippen molar-refractivity contribution < 1.29 is 0 Å². The largest absolute Gasteiger partial charge is 0.384 e. The van der Waals surface area contributed by atoms with Crippen LogP contribution in [0.3, 0.4) is 0 Å². The first-order valence-corrected chi connectivity index (χ1v) is 7.41. The Morgan fingerprint density at radius 2 is 1.95 bits per heavy atom. The lowest BCUT2D eigenvalue weighted by molar-refractivity contribution is 0.691. The van der Waals surface area contributed by atoms with Crippen molar-refractivity contribution in [2.75, 3.05) is 11.4 Å².